The van der Waals surface area contributed by atoms with Crippen molar-refractivity contribution in [3.8, 4) is 22.5 Å². The van der Waals surface area contributed by atoms with Crippen molar-refractivity contribution in [2.45, 2.75) is 12.8 Å². The Morgan fingerprint density at radius 3 is 2.23 bits per heavy atom. The van der Waals surface area contributed by atoms with E-state index in [-0.39, 0.29) is 17.8 Å². The van der Waals surface area contributed by atoms with Gasteiger partial charge in [-0.15, -0.1) is 0 Å². The highest BCUT2D eigenvalue weighted by molar-refractivity contribution is 6.09. The van der Waals surface area contributed by atoms with Gasteiger partial charge in [0.25, 0.3) is 5.91 Å². The first kappa shape index (κ1) is 30.0. The molecule has 0 aromatic heterocycles. The molecule has 1 aliphatic carbocycles. The molecule has 0 atom stereocenters. The minimum atomic E-state index is -0.207. The van der Waals surface area contributed by atoms with Crippen LogP contribution < -0.4 is 15.2 Å². The smallest absolute Gasteiger partial charge is 0.308 e. The largest absolute Gasteiger partial charge is 0.469 e. The molecule has 7 rings (SSSR count). The second-order valence-electron chi connectivity index (χ2n) is 11.9. The molecule has 0 unspecified atom stereocenters. The van der Waals surface area contributed by atoms with Crippen LogP contribution in [0.5, 0.6) is 0 Å². The molecule has 234 valence electrons. The zero-order chi connectivity index (χ0) is 32.3. The zero-order valence-corrected chi connectivity index (χ0v) is 26.5. The van der Waals surface area contributed by atoms with Crippen LogP contribution in [0, 0.1) is 5.92 Å². The summed E-state index contributed by atoms with van der Waals surface area (Å²) in [6.45, 7) is 1.00. The molecule has 1 saturated heterocycles. The summed E-state index contributed by atoms with van der Waals surface area (Å²) < 4.78 is 13.8. The normalized spacial score (nSPS) is 14.2. The third-order valence-electron chi connectivity index (χ3n) is 9.04. The van der Waals surface area contributed by atoms with Crippen molar-refractivity contribution in [3.63, 3.8) is 0 Å². The van der Waals surface area contributed by atoms with Crippen LogP contribution in [0.3, 0.4) is 0 Å². The Morgan fingerprint density at radius 1 is 0.787 bits per heavy atom. The maximum Gasteiger partial charge on any atom is 0.308 e. The standard InChI is InChI=1S/C40H35N3O4/c1-42(30-13-7-4-8-14-30)31-18-20-35-37(26-31)47-36-25-29(41-28-11-5-3-6-12-28)17-19-34(36)38(35)32-15-9-10-16-33(32)39(44)43-23-21-27(22-24-43)40(45)46-2/h3-20,25-27H,21-24H2,1-2H3/p+1. The highest BCUT2D eigenvalue weighted by Crippen LogP contribution is 2.42. The van der Waals surface area contributed by atoms with Gasteiger partial charge in [-0.3, -0.25) is 9.59 Å². The van der Waals surface area contributed by atoms with E-state index in [0.717, 1.165) is 44.5 Å². The molecule has 0 radical (unpaired) electrons. The number of para-hydroxylation sites is 2. The summed E-state index contributed by atoms with van der Waals surface area (Å²) in [6, 6.07) is 40.4. The van der Waals surface area contributed by atoms with Crippen LogP contribution in [-0.4, -0.2) is 44.0 Å². The van der Waals surface area contributed by atoms with Crippen molar-refractivity contribution >= 4 is 39.9 Å². The van der Waals surface area contributed by atoms with Crippen LogP contribution in [-0.2, 0) is 9.53 Å². The number of hydrogen-bond acceptors (Lipinski definition) is 5. The van der Waals surface area contributed by atoms with Gasteiger partial charge in [-0.25, -0.2) is 0 Å². The maximum atomic E-state index is 14.1. The fraction of sp³-hybridized carbons (Fsp3) is 0.175. The SMILES string of the molecule is COC(=O)C1CCN(C(=O)c2ccccc2-c2c3ccc(=[N+](C)c4ccccc4)cc-3oc3cc(Nc4ccccc4)ccc23)CC1. The Morgan fingerprint density at radius 2 is 1.49 bits per heavy atom. The molecular formula is C40H36N3O4+. The average Bonchev–Trinajstić information content (AvgIpc) is 3.13. The highest BCUT2D eigenvalue weighted by Gasteiger charge is 2.30. The van der Waals surface area contributed by atoms with Crippen LogP contribution >= 0.6 is 0 Å². The number of benzene rings is 5. The average molecular weight is 623 g/mol. The lowest BCUT2D eigenvalue weighted by Crippen LogP contribution is -2.40. The van der Waals surface area contributed by atoms with Gasteiger partial charge in [-0.2, -0.15) is 4.58 Å². The highest BCUT2D eigenvalue weighted by atomic mass is 16.5. The Labute approximate surface area is 273 Å². The molecule has 7 heteroatoms. The number of esters is 1. The van der Waals surface area contributed by atoms with Crippen LogP contribution in [0.2, 0.25) is 0 Å². The van der Waals surface area contributed by atoms with E-state index in [1.807, 2.05) is 96.9 Å². The van der Waals surface area contributed by atoms with E-state index in [9.17, 15) is 9.59 Å². The number of nitrogens with one attached hydrogen (secondary N) is 1. The first-order valence-corrected chi connectivity index (χ1v) is 15.9. The summed E-state index contributed by atoms with van der Waals surface area (Å²) in [5, 5.41) is 5.37. The van der Waals surface area contributed by atoms with Gasteiger partial charge in [-0.1, -0.05) is 54.6 Å². The fourth-order valence-corrected chi connectivity index (χ4v) is 6.49. The molecule has 47 heavy (non-hydrogen) atoms. The monoisotopic (exact) mass is 622 g/mol. The molecule has 3 aliphatic rings. The van der Waals surface area contributed by atoms with Crippen molar-refractivity contribution in [2.24, 2.45) is 5.92 Å². The van der Waals surface area contributed by atoms with Gasteiger partial charge in [0, 0.05) is 70.8 Å². The van der Waals surface area contributed by atoms with Crippen molar-refractivity contribution in [3.05, 3.63) is 132 Å². The van der Waals surface area contributed by atoms with Gasteiger partial charge in [0.1, 0.15) is 18.4 Å². The number of anilines is 2. The Kier molecular flexibility index (Phi) is 8.27. The molecule has 0 saturated carbocycles. The van der Waals surface area contributed by atoms with Gasteiger partial charge >= 0.3 is 5.97 Å². The Bertz CT molecular complexity index is 2110. The number of piperidine rings is 1. The quantitative estimate of drug-likeness (QED) is 0.117. The van der Waals surface area contributed by atoms with Crippen LogP contribution in [0.25, 0.3) is 33.4 Å². The maximum absolute atomic E-state index is 14.1. The number of hydrogen-bond donors (Lipinski definition) is 1. The number of likely N-dealkylation sites (tertiary alicyclic amines) is 1. The number of rotatable bonds is 6. The molecular weight excluding hydrogens is 586 g/mol. The summed E-state index contributed by atoms with van der Waals surface area (Å²) in [6.07, 6.45) is 1.18. The molecule has 0 spiro atoms. The number of amides is 1. The third-order valence-corrected chi connectivity index (χ3v) is 9.04. The van der Waals surface area contributed by atoms with E-state index in [2.05, 4.69) is 46.3 Å². The molecule has 0 bridgehead atoms. The van der Waals surface area contributed by atoms with Crippen LogP contribution in [0.15, 0.2) is 126 Å². The predicted molar refractivity (Wildman–Crippen MR) is 186 cm³/mol. The van der Waals surface area contributed by atoms with Gasteiger partial charge in [-0.05, 0) is 54.8 Å². The number of fused-ring (bicyclic) bond motifs is 2. The first-order chi connectivity index (χ1) is 23.0. The van der Waals surface area contributed by atoms with Gasteiger partial charge in [0.2, 0.25) is 11.0 Å². The van der Waals surface area contributed by atoms with E-state index < -0.39 is 0 Å². The third kappa shape index (κ3) is 6.00. The number of ether oxygens (including phenoxy) is 1. The summed E-state index contributed by atoms with van der Waals surface area (Å²) in [7, 11) is 3.46. The van der Waals surface area contributed by atoms with E-state index in [1.165, 1.54) is 7.11 Å². The van der Waals surface area contributed by atoms with E-state index in [4.69, 9.17) is 9.15 Å². The molecule has 4 aromatic rings. The fourth-order valence-electron chi connectivity index (χ4n) is 6.49. The molecule has 4 aromatic carbocycles. The lowest BCUT2D eigenvalue weighted by atomic mass is 9.89. The second-order valence-corrected chi connectivity index (χ2v) is 11.9. The van der Waals surface area contributed by atoms with Crippen LogP contribution in [0.4, 0.5) is 17.1 Å². The molecule has 1 amide bonds. The molecule has 1 N–H and O–H groups in total. The minimum Gasteiger partial charge on any atom is -0.469 e. The van der Waals surface area contributed by atoms with Gasteiger partial charge < -0.3 is 19.4 Å². The van der Waals surface area contributed by atoms with Gasteiger partial charge in [0.05, 0.1) is 19.1 Å². The van der Waals surface area contributed by atoms with Gasteiger partial charge in [0.15, 0.2) is 0 Å². The predicted octanol–water partition coefficient (Wildman–Crippen LogP) is 7.71. The lowest BCUT2D eigenvalue weighted by molar-refractivity contribution is -0.146. The topological polar surface area (TPSA) is 74.8 Å². The number of methoxy groups -OCH3 is 1. The van der Waals surface area contributed by atoms with Crippen molar-refractivity contribution in [1.82, 2.24) is 9.48 Å². The minimum absolute atomic E-state index is 0.0474. The summed E-state index contributed by atoms with van der Waals surface area (Å²) in [5.41, 5.74) is 6.95. The molecule has 1 fully saturated rings. The van der Waals surface area contributed by atoms with Crippen molar-refractivity contribution in [2.75, 3.05) is 32.6 Å². The van der Waals surface area contributed by atoms with Crippen LogP contribution in [0.1, 0.15) is 23.2 Å². The zero-order valence-electron chi connectivity index (χ0n) is 26.5. The molecule has 7 nitrogen and oxygen atoms in total. The first-order valence-electron chi connectivity index (χ1n) is 15.9. The molecule has 2 heterocycles. The Hall–Kier alpha value is -5.69. The second kappa shape index (κ2) is 13.0. The molecule has 2 aliphatic heterocycles. The summed E-state index contributed by atoms with van der Waals surface area (Å²) in [4.78, 5) is 28.1. The van der Waals surface area contributed by atoms with Crippen molar-refractivity contribution in [1.29, 1.82) is 0 Å². The Balaban J connectivity index is 1.38. The number of nitrogens with zero attached hydrogens (tertiary/aromatic N) is 2. The number of carbonyl (C=O) groups is 2. The van der Waals surface area contributed by atoms with E-state index >= 15 is 0 Å². The van der Waals surface area contributed by atoms with E-state index in [0.29, 0.717) is 42.8 Å². The summed E-state index contributed by atoms with van der Waals surface area (Å²) in [5.74, 6) is 0.284. The lowest BCUT2D eigenvalue weighted by Gasteiger charge is -2.31. The van der Waals surface area contributed by atoms with E-state index in [1.54, 1.807) is 0 Å². The summed E-state index contributed by atoms with van der Waals surface area (Å²) >= 11 is 0. The van der Waals surface area contributed by atoms with Crippen molar-refractivity contribution < 1.29 is 18.7 Å². The number of carbonyl (C=O) groups excluding carboxylic acids is 2.